The lowest BCUT2D eigenvalue weighted by molar-refractivity contribution is -0.111. The Morgan fingerprint density at radius 2 is 2.11 bits per heavy atom. The molecule has 18 heavy (non-hydrogen) atoms. The third-order valence-corrected chi connectivity index (χ3v) is 3.89. The van der Waals surface area contributed by atoms with Crippen LogP contribution in [-0.2, 0) is 11.2 Å². The zero-order chi connectivity index (χ0) is 13.1. The van der Waals surface area contributed by atoms with Gasteiger partial charge >= 0.3 is 0 Å². The summed E-state index contributed by atoms with van der Waals surface area (Å²) in [6, 6.07) is 7.73. The molecule has 98 valence electrons. The van der Waals surface area contributed by atoms with Crippen LogP contribution in [0.25, 0.3) is 0 Å². The van der Waals surface area contributed by atoms with Gasteiger partial charge in [0.05, 0.1) is 0 Å². The van der Waals surface area contributed by atoms with Crippen LogP contribution in [-0.4, -0.2) is 35.6 Å². The quantitative estimate of drug-likeness (QED) is 0.848. The first-order valence-corrected chi connectivity index (χ1v) is 6.60. The summed E-state index contributed by atoms with van der Waals surface area (Å²) in [6.07, 6.45) is 1.38. The van der Waals surface area contributed by atoms with Crippen molar-refractivity contribution >= 4 is 17.9 Å². The first-order chi connectivity index (χ1) is 8.60. The van der Waals surface area contributed by atoms with Gasteiger partial charge < -0.3 is 9.90 Å². The van der Waals surface area contributed by atoms with Crippen molar-refractivity contribution < 1.29 is 9.90 Å². The molecule has 0 radical (unpaired) electrons. The van der Waals surface area contributed by atoms with Gasteiger partial charge in [0.2, 0.25) is 0 Å². The zero-order valence-corrected chi connectivity index (χ0v) is 11.2. The highest BCUT2D eigenvalue weighted by Crippen LogP contribution is 2.26. The molecule has 3 nitrogen and oxygen atoms in total. The van der Waals surface area contributed by atoms with Gasteiger partial charge in [0.1, 0.15) is 12.5 Å². The van der Waals surface area contributed by atoms with Gasteiger partial charge in [-0.15, -0.1) is 0 Å². The standard InChI is InChI=1S/C14H18ClNO2/c1-10(18)16-7-12(13(8-16)9-17)6-11-2-4-14(15)5-3-11/h2-5,9-10,12-13,18H,6-8H2,1H3. The number of aldehydes is 1. The summed E-state index contributed by atoms with van der Waals surface area (Å²) < 4.78 is 0. The SMILES string of the molecule is CC(O)N1CC(C=O)C(Cc2ccc(Cl)cc2)C1. The summed E-state index contributed by atoms with van der Waals surface area (Å²) in [5.74, 6) is 0.286. The molecule has 0 aliphatic carbocycles. The molecule has 1 aromatic carbocycles. The molecular weight excluding hydrogens is 250 g/mol. The molecule has 0 amide bonds. The van der Waals surface area contributed by atoms with Crippen molar-refractivity contribution in [3.8, 4) is 0 Å². The molecule has 1 aliphatic heterocycles. The third-order valence-electron chi connectivity index (χ3n) is 3.63. The number of rotatable bonds is 4. The molecule has 3 unspecified atom stereocenters. The fourth-order valence-electron chi connectivity index (χ4n) is 2.53. The predicted octanol–water partition coefficient (Wildman–Crippen LogP) is 1.97. The molecule has 2 rings (SSSR count). The molecule has 0 aromatic heterocycles. The number of likely N-dealkylation sites (tertiary alicyclic amines) is 1. The summed E-state index contributed by atoms with van der Waals surface area (Å²) in [5.41, 5.74) is 1.18. The lowest BCUT2D eigenvalue weighted by Crippen LogP contribution is -2.30. The highest BCUT2D eigenvalue weighted by molar-refractivity contribution is 6.30. The molecular formula is C14H18ClNO2. The van der Waals surface area contributed by atoms with Gasteiger partial charge in [0.25, 0.3) is 0 Å². The van der Waals surface area contributed by atoms with E-state index >= 15 is 0 Å². The van der Waals surface area contributed by atoms with Crippen LogP contribution in [0.5, 0.6) is 0 Å². The van der Waals surface area contributed by atoms with Crippen LogP contribution in [0.2, 0.25) is 5.02 Å². The third kappa shape index (κ3) is 3.10. The Balaban J connectivity index is 2.03. The van der Waals surface area contributed by atoms with Gasteiger partial charge in [-0.25, -0.2) is 0 Å². The van der Waals surface area contributed by atoms with Crippen molar-refractivity contribution in [2.75, 3.05) is 13.1 Å². The average Bonchev–Trinajstić information content (AvgIpc) is 2.75. The molecule has 0 spiro atoms. The summed E-state index contributed by atoms with van der Waals surface area (Å²) in [4.78, 5) is 13.0. The van der Waals surface area contributed by atoms with Gasteiger partial charge in [0, 0.05) is 24.0 Å². The highest BCUT2D eigenvalue weighted by atomic mass is 35.5. The average molecular weight is 268 g/mol. The topological polar surface area (TPSA) is 40.5 Å². The number of aliphatic hydroxyl groups is 1. The molecule has 1 aliphatic rings. The molecule has 3 atom stereocenters. The van der Waals surface area contributed by atoms with Crippen molar-refractivity contribution in [3.63, 3.8) is 0 Å². The molecule has 4 heteroatoms. The fourth-order valence-corrected chi connectivity index (χ4v) is 2.66. The second kappa shape index (κ2) is 5.83. The summed E-state index contributed by atoms with van der Waals surface area (Å²) >= 11 is 5.85. The summed E-state index contributed by atoms with van der Waals surface area (Å²) in [5, 5.41) is 10.3. The number of nitrogens with zero attached hydrogens (tertiary/aromatic N) is 1. The minimum absolute atomic E-state index is 0.00952. The maximum Gasteiger partial charge on any atom is 0.124 e. The van der Waals surface area contributed by atoms with Crippen LogP contribution in [0.3, 0.4) is 0 Å². The van der Waals surface area contributed by atoms with E-state index in [2.05, 4.69) is 0 Å². The Morgan fingerprint density at radius 3 is 2.67 bits per heavy atom. The molecule has 0 bridgehead atoms. The second-order valence-corrected chi connectivity index (χ2v) is 5.41. The van der Waals surface area contributed by atoms with Crippen LogP contribution in [0.4, 0.5) is 0 Å². The fraction of sp³-hybridized carbons (Fsp3) is 0.500. The smallest absolute Gasteiger partial charge is 0.124 e. The normalized spacial score (nSPS) is 26.2. The number of carbonyl (C=O) groups is 1. The minimum Gasteiger partial charge on any atom is -0.379 e. The van der Waals surface area contributed by atoms with Crippen molar-refractivity contribution in [2.24, 2.45) is 11.8 Å². The van der Waals surface area contributed by atoms with E-state index in [0.29, 0.717) is 6.54 Å². The maximum absolute atomic E-state index is 11.1. The number of hydrogen-bond donors (Lipinski definition) is 1. The van der Waals surface area contributed by atoms with Crippen molar-refractivity contribution in [1.29, 1.82) is 0 Å². The van der Waals surface area contributed by atoms with Crippen molar-refractivity contribution in [1.82, 2.24) is 4.90 Å². The Hall–Kier alpha value is -0.900. The largest absolute Gasteiger partial charge is 0.379 e. The van der Waals surface area contributed by atoms with E-state index in [1.54, 1.807) is 6.92 Å². The molecule has 1 fully saturated rings. The van der Waals surface area contributed by atoms with Crippen LogP contribution >= 0.6 is 11.6 Å². The Kier molecular flexibility index (Phi) is 4.38. The monoisotopic (exact) mass is 267 g/mol. The first-order valence-electron chi connectivity index (χ1n) is 6.22. The second-order valence-electron chi connectivity index (χ2n) is 4.98. The van der Waals surface area contributed by atoms with Gasteiger partial charge in [-0.1, -0.05) is 23.7 Å². The molecule has 0 saturated carbocycles. The van der Waals surface area contributed by atoms with Crippen LogP contribution in [0.1, 0.15) is 12.5 Å². The van der Waals surface area contributed by atoms with E-state index in [0.717, 1.165) is 24.3 Å². The van der Waals surface area contributed by atoms with Crippen LogP contribution in [0.15, 0.2) is 24.3 Å². The van der Waals surface area contributed by atoms with E-state index in [-0.39, 0.29) is 11.8 Å². The predicted molar refractivity (Wildman–Crippen MR) is 71.5 cm³/mol. The van der Waals surface area contributed by atoms with Gasteiger partial charge in [-0.3, -0.25) is 4.90 Å². The lowest BCUT2D eigenvalue weighted by atomic mass is 9.91. The number of benzene rings is 1. The van der Waals surface area contributed by atoms with E-state index in [1.165, 1.54) is 5.56 Å². The van der Waals surface area contributed by atoms with Gasteiger partial charge in [0.15, 0.2) is 0 Å². The molecule has 1 N–H and O–H groups in total. The van der Waals surface area contributed by atoms with Crippen LogP contribution in [0, 0.1) is 11.8 Å². The first kappa shape index (κ1) is 13.5. The van der Waals surface area contributed by atoms with Crippen LogP contribution < -0.4 is 0 Å². The maximum atomic E-state index is 11.1. The number of aliphatic hydroxyl groups excluding tert-OH is 1. The zero-order valence-electron chi connectivity index (χ0n) is 10.4. The molecule has 1 heterocycles. The summed E-state index contributed by atoms with van der Waals surface area (Å²) in [7, 11) is 0. The minimum atomic E-state index is -0.484. The molecule has 1 saturated heterocycles. The number of hydrogen-bond acceptors (Lipinski definition) is 3. The number of halogens is 1. The van der Waals surface area contributed by atoms with Gasteiger partial charge in [-0.2, -0.15) is 0 Å². The van der Waals surface area contributed by atoms with Gasteiger partial charge in [-0.05, 0) is 37.0 Å². The van der Waals surface area contributed by atoms with E-state index in [1.807, 2.05) is 29.2 Å². The van der Waals surface area contributed by atoms with Crippen molar-refractivity contribution in [2.45, 2.75) is 19.6 Å². The lowest BCUT2D eigenvalue weighted by Gasteiger charge is -2.18. The van der Waals surface area contributed by atoms with E-state index in [4.69, 9.17) is 11.6 Å². The molecule has 1 aromatic rings. The Bertz CT molecular complexity index is 405. The Morgan fingerprint density at radius 1 is 1.44 bits per heavy atom. The Labute approximate surface area is 112 Å². The highest BCUT2D eigenvalue weighted by Gasteiger charge is 2.34. The number of carbonyl (C=O) groups excluding carboxylic acids is 1. The van der Waals surface area contributed by atoms with Crippen molar-refractivity contribution in [3.05, 3.63) is 34.9 Å². The van der Waals surface area contributed by atoms with E-state index in [9.17, 15) is 9.90 Å². The summed E-state index contributed by atoms with van der Waals surface area (Å²) in [6.45, 7) is 3.16. The van der Waals surface area contributed by atoms with E-state index < -0.39 is 6.23 Å².